The van der Waals surface area contributed by atoms with Gasteiger partial charge in [-0.2, -0.15) is 0 Å². The van der Waals surface area contributed by atoms with E-state index < -0.39 is 0 Å². The Morgan fingerprint density at radius 3 is 2.53 bits per heavy atom. The number of anilines is 1. The van der Waals surface area contributed by atoms with Gasteiger partial charge in [-0.1, -0.05) is 36.4 Å². The smallest absolute Gasteiger partial charge is 0.182 e. The summed E-state index contributed by atoms with van der Waals surface area (Å²) in [4.78, 5) is 14.0. The van der Waals surface area contributed by atoms with E-state index in [4.69, 9.17) is 4.74 Å². The van der Waals surface area contributed by atoms with Gasteiger partial charge in [0, 0.05) is 24.4 Å². The van der Waals surface area contributed by atoms with Crippen molar-refractivity contribution in [3.8, 4) is 5.75 Å². The molecule has 0 atom stereocenters. The number of ether oxygens (including phenoxy) is 1. The largest absolute Gasteiger partial charge is 0.497 e. The van der Waals surface area contributed by atoms with Crippen LogP contribution in [0.1, 0.15) is 10.4 Å². The molecule has 0 aliphatic carbocycles. The Balaban J connectivity index is 2.08. The van der Waals surface area contributed by atoms with E-state index in [1.165, 1.54) is 0 Å². The van der Waals surface area contributed by atoms with Crippen LogP contribution in [0.2, 0.25) is 0 Å². The van der Waals surface area contributed by atoms with Crippen LogP contribution in [0.25, 0.3) is 0 Å². The van der Waals surface area contributed by atoms with Gasteiger partial charge < -0.3 is 9.64 Å². The highest BCUT2D eigenvalue weighted by Crippen LogP contribution is 2.20. The molecule has 0 saturated carbocycles. The molecule has 0 heterocycles. The molecule has 3 nitrogen and oxygen atoms in total. The highest BCUT2D eigenvalue weighted by Gasteiger charge is 2.09. The Morgan fingerprint density at radius 1 is 1.11 bits per heavy atom. The van der Waals surface area contributed by atoms with E-state index in [9.17, 15) is 4.79 Å². The lowest BCUT2D eigenvalue weighted by Gasteiger charge is -2.19. The average molecular weight is 255 g/mol. The molecule has 19 heavy (non-hydrogen) atoms. The van der Waals surface area contributed by atoms with Crippen LogP contribution >= 0.6 is 0 Å². The van der Waals surface area contributed by atoms with Crippen molar-refractivity contribution in [1.82, 2.24) is 0 Å². The number of rotatable bonds is 5. The molecule has 0 aromatic heterocycles. The van der Waals surface area contributed by atoms with E-state index in [0.717, 1.165) is 17.0 Å². The molecule has 0 radical (unpaired) electrons. The summed E-state index contributed by atoms with van der Waals surface area (Å²) < 4.78 is 5.18. The first kappa shape index (κ1) is 13.1. The van der Waals surface area contributed by atoms with Gasteiger partial charge in [-0.15, -0.1) is 0 Å². The van der Waals surface area contributed by atoms with Crippen molar-refractivity contribution in [3.05, 3.63) is 60.2 Å². The summed E-state index contributed by atoms with van der Waals surface area (Å²) in [5.41, 5.74) is 1.70. The second-order valence-electron chi connectivity index (χ2n) is 4.35. The van der Waals surface area contributed by atoms with E-state index in [1.807, 2.05) is 66.5 Å². The van der Waals surface area contributed by atoms with E-state index in [1.54, 1.807) is 7.11 Å². The van der Waals surface area contributed by atoms with Crippen LogP contribution in [0.4, 0.5) is 5.69 Å². The molecule has 2 rings (SSSR count). The first-order chi connectivity index (χ1) is 9.20. The second kappa shape index (κ2) is 6.05. The Hall–Kier alpha value is -2.29. The van der Waals surface area contributed by atoms with Gasteiger partial charge in [-0.25, -0.2) is 0 Å². The highest BCUT2D eigenvalue weighted by atomic mass is 16.5. The van der Waals surface area contributed by atoms with Crippen molar-refractivity contribution < 1.29 is 9.53 Å². The maximum absolute atomic E-state index is 12.1. The highest BCUT2D eigenvalue weighted by molar-refractivity contribution is 5.99. The van der Waals surface area contributed by atoms with E-state index in [0.29, 0.717) is 6.54 Å². The zero-order valence-corrected chi connectivity index (χ0v) is 11.2. The van der Waals surface area contributed by atoms with Gasteiger partial charge in [-0.05, 0) is 12.1 Å². The zero-order chi connectivity index (χ0) is 13.7. The Labute approximate surface area is 113 Å². The third kappa shape index (κ3) is 3.35. The lowest BCUT2D eigenvalue weighted by molar-refractivity contribution is 0.100. The minimum Gasteiger partial charge on any atom is -0.497 e. The molecule has 0 amide bonds. The van der Waals surface area contributed by atoms with Crippen LogP contribution in [0.15, 0.2) is 54.6 Å². The number of carbonyl (C=O) groups is 1. The van der Waals surface area contributed by atoms with Gasteiger partial charge in [0.05, 0.1) is 13.7 Å². The molecule has 0 spiro atoms. The van der Waals surface area contributed by atoms with Gasteiger partial charge in [0.25, 0.3) is 0 Å². The number of hydrogen-bond donors (Lipinski definition) is 0. The molecule has 0 fully saturated rings. The number of carbonyl (C=O) groups excluding carboxylic acids is 1. The van der Waals surface area contributed by atoms with Gasteiger partial charge in [0.15, 0.2) is 5.78 Å². The number of hydrogen-bond acceptors (Lipinski definition) is 3. The molecular weight excluding hydrogens is 238 g/mol. The van der Waals surface area contributed by atoms with Gasteiger partial charge in [-0.3, -0.25) is 4.79 Å². The number of Topliss-reactive ketones (excluding diaryl/α,β-unsaturated/α-hetero) is 1. The normalized spacial score (nSPS) is 10.0. The zero-order valence-electron chi connectivity index (χ0n) is 11.2. The van der Waals surface area contributed by atoms with E-state index in [-0.39, 0.29) is 5.78 Å². The summed E-state index contributed by atoms with van der Waals surface area (Å²) in [5.74, 6) is 0.891. The first-order valence-corrected chi connectivity index (χ1v) is 6.14. The molecule has 2 aromatic rings. The van der Waals surface area contributed by atoms with Gasteiger partial charge >= 0.3 is 0 Å². The Morgan fingerprint density at radius 2 is 1.84 bits per heavy atom. The maximum atomic E-state index is 12.1. The molecule has 0 bridgehead atoms. The molecule has 2 aromatic carbocycles. The molecule has 98 valence electrons. The minimum atomic E-state index is 0.103. The van der Waals surface area contributed by atoms with Crippen molar-refractivity contribution in [3.63, 3.8) is 0 Å². The molecule has 0 unspecified atom stereocenters. The minimum absolute atomic E-state index is 0.103. The summed E-state index contributed by atoms with van der Waals surface area (Å²) >= 11 is 0. The molecule has 0 aliphatic heterocycles. The quantitative estimate of drug-likeness (QED) is 0.769. The molecule has 3 heteroatoms. The summed E-state index contributed by atoms with van der Waals surface area (Å²) in [6, 6.07) is 17.0. The summed E-state index contributed by atoms with van der Waals surface area (Å²) in [6.45, 7) is 0.344. The maximum Gasteiger partial charge on any atom is 0.182 e. The van der Waals surface area contributed by atoms with Crippen molar-refractivity contribution in [2.24, 2.45) is 0 Å². The van der Waals surface area contributed by atoms with Gasteiger partial charge in [0.2, 0.25) is 0 Å². The first-order valence-electron chi connectivity index (χ1n) is 6.14. The monoisotopic (exact) mass is 255 g/mol. The molecular formula is C16H17NO2. The number of nitrogens with zero attached hydrogens (tertiary/aromatic N) is 1. The van der Waals surface area contributed by atoms with E-state index >= 15 is 0 Å². The van der Waals surface area contributed by atoms with E-state index in [2.05, 4.69) is 0 Å². The summed E-state index contributed by atoms with van der Waals surface area (Å²) in [6.07, 6.45) is 0. The standard InChI is InChI=1S/C16H17NO2/c1-17(14-9-6-10-15(11-14)19-2)12-16(18)13-7-4-3-5-8-13/h3-11H,12H2,1-2H3. The fraction of sp³-hybridized carbons (Fsp3) is 0.188. The number of likely N-dealkylation sites (N-methyl/N-ethyl adjacent to an activating group) is 1. The second-order valence-corrected chi connectivity index (χ2v) is 4.35. The Bertz CT molecular complexity index is 552. The average Bonchev–Trinajstić information content (AvgIpc) is 2.48. The fourth-order valence-electron chi connectivity index (χ4n) is 1.87. The van der Waals surface area contributed by atoms with Crippen LogP contribution in [-0.2, 0) is 0 Å². The number of methoxy groups -OCH3 is 1. The van der Waals surface area contributed by atoms with Crippen LogP contribution in [0, 0.1) is 0 Å². The van der Waals surface area contributed by atoms with Crippen LogP contribution in [0.5, 0.6) is 5.75 Å². The van der Waals surface area contributed by atoms with Crippen molar-refractivity contribution in [1.29, 1.82) is 0 Å². The molecule has 0 aliphatic rings. The van der Waals surface area contributed by atoms with Gasteiger partial charge in [0.1, 0.15) is 5.75 Å². The number of ketones is 1. The lowest BCUT2D eigenvalue weighted by atomic mass is 10.1. The van der Waals surface area contributed by atoms with Crippen molar-refractivity contribution in [2.45, 2.75) is 0 Å². The fourth-order valence-corrected chi connectivity index (χ4v) is 1.87. The van der Waals surface area contributed by atoms with Crippen molar-refractivity contribution in [2.75, 3.05) is 25.6 Å². The number of benzene rings is 2. The lowest BCUT2D eigenvalue weighted by Crippen LogP contribution is -2.25. The van der Waals surface area contributed by atoms with Crippen molar-refractivity contribution >= 4 is 11.5 Å². The predicted molar refractivity (Wildman–Crippen MR) is 77.0 cm³/mol. The third-order valence-electron chi connectivity index (χ3n) is 2.97. The van der Waals surface area contributed by atoms with Crippen LogP contribution < -0.4 is 9.64 Å². The van der Waals surface area contributed by atoms with Crippen LogP contribution in [-0.4, -0.2) is 26.5 Å². The summed E-state index contributed by atoms with van der Waals surface area (Å²) in [7, 11) is 3.53. The molecule has 0 saturated heterocycles. The predicted octanol–water partition coefficient (Wildman–Crippen LogP) is 3.01. The third-order valence-corrected chi connectivity index (χ3v) is 2.97. The topological polar surface area (TPSA) is 29.5 Å². The summed E-state index contributed by atoms with van der Waals surface area (Å²) in [5, 5.41) is 0. The van der Waals surface area contributed by atoms with Crippen LogP contribution in [0.3, 0.4) is 0 Å². The SMILES string of the molecule is COc1cccc(N(C)CC(=O)c2ccccc2)c1. The Kier molecular flexibility index (Phi) is 4.18. The molecule has 0 N–H and O–H groups in total.